The molecule has 12 aromatic rings. The minimum Gasteiger partial charge on any atom is -0.496 e. The number of piperazine rings is 1. The van der Waals surface area contributed by atoms with Crippen LogP contribution in [0.4, 0.5) is 70.9 Å². The van der Waals surface area contributed by atoms with Gasteiger partial charge in [0.2, 0.25) is 0 Å². The average molecular weight is 1910 g/mol. The number of para-hydroxylation sites is 4. The van der Waals surface area contributed by atoms with Gasteiger partial charge in [0, 0.05) is 149 Å². The van der Waals surface area contributed by atoms with E-state index in [1.54, 1.807) is 47.9 Å². The predicted molar refractivity (Wildman–Crippen MR) is 569 cm³/mol. The first-order valence-electron chi connectivity index (χ1n) is 50.5. The molecule has 4 aromatic heterocycles. The number of hydrogen-bond acceptors (Lipinski definition) is 19. The summed E-state index contributed by atoms with van der Waals surface area (Å²) in [6, 6.07) is 56.6. The second kappa shape index (κ2) is 44.3. The van der Waals surface area contributed by atoms with E-state index in [4.69, 9.17) is 39.4 Å². The van der Waals surface area contributed by atoms with Crippen molar-refractivity contribution >= 4 is 75.8 Å². The summed E-state index contributed by atoms with van der Waals surface area (Å²) < 4.78 is 11.5. The molecule has 4 saturated heterocycles. The molecule has 27 heteroatoms. The summed E-state index contributed by atoms with van der Waals surface area (Å²) in [6.45, 7) is 31.6. The van der Waals surface area contributed by atoms with E-state index in [-0.39, 0.29) is 30.2 Å². The lowest BCUT2D eigenvalue weighted by molar-refractivity contribution is 0.248. The van der Waals surface area contributed by atoms with Gasteiger partial charge in [0.25, 0.3) is 0 Å². The average Bonchev–Trinajstić information content (AvgIpc) is 0.760. The monoisotopic (exact) mass is 1910 g/mol. The van der Waals surface area contributed by atoms with E-state index >= 15 is 0 Å². The molecule has 0 radical (unpaired) electrons. The minimum absolute atomic E-state index is 0.0194. The molecule has 0 spiro atoms. The fourth-order valence-corrected chi connectivity index (χ4v) is 21.4. The molecule has 0 unspecified atom stereocenters. The second-order valence-corrected chi connectivity index (χ2v) is 40.1. The van der Waals surface area contributed by atoms with Gasteiger partial charge in [-0.25, -0.2) is 59.0 Å². The van der Waals surface area contributed by atoms with Gasteiger partial charge in [0.1, 0.15) is 58.1 Å². The molecule has 4 fully saturated rings. The van der Waals surface area contributed by atoms with Crippen molar-refractivity contribution in [2.45, 2.75) is 183 Å². The number of aryl methyl sites for hydroxylation is 7. The van der Waals surface area contributed by atoms with Crippen molar-refractivity contribution in [1.29, 1.82) is 0 Å². The van der Waals surface area contributed by atoms with Crippen LogP contribution < -0.4 is 53.6 Å². The maximum atomic E-state index is 13.7. The number of piperidine rings is 3. The minimum atomic E-state index is -0.0941. The Morgan fingerprint density at radius 1 is 0.331 bits per heavy atom. The number of benzene rings is 8. The zero-order chi connectivity index (χ0) is 99.8. The van der Waals surface area contributed by atoms with Crippen LogP contribution in [0.3, 0.4) is 0 Å². The van der Waals surface area contributed by atoms with Crippen molar-refractivity contribution in [2.24, 2.45) is 0 Å². The van der Waals surface area contributed by atoms with Gasteiger partial charge in [-0.1, -0.05) is 134 Å². The third kappa shape index (κ3) is 22.2. The number of hydrogen-bond donors (Lipinski definition) is 0. The molecule has 20 rings (SSSR count). The van der Waals surface area contributed by atoms with Crippen LogP contribution in [0.15, 0.2) is 189 Å². The number of likely N-dealkylation sites (tertiary alicyclic amines) is 3. The molecular weight excluding hydrogens is 1770 g/mol. The lowest BCUT2D eigenvalue weighted by Crippen LogP contribution is -2.51. The Hall–Kier alpha value is -13.6. The highest BCUT2D eigenvalue weighted by Crippen LogP contribution is 2.42. The number of carbonyl (C=O) groups is 4. The number of aromatic nitrogens is 8. The van der Waals surface area contributed by atoms with E-state index in [0.717, 1.165) is 177 Å². The number of urea groups is 4. The summed E-state index contributed by atoms with van der Waals surface area (Å²) in [5, 5.41) is 0. The maximum Gasteiger partial charge on any atom is 0.330 e. The van der Waals surface area contributed by atoms with E-state index in [2.05, 4.69) is 174 Å². The van der Waals surface area contributed by atoms with Crippen LogP contribution in [-0.4, -0.2) is 219 Å². The predicted octanol–water partition coefficient (Wildman–Crippen LogP) is 20.0. The van der Waals surface area contributed by atoms with Gasteiger partial charge in [-0.3, -0.25) is 39.2 Å². The summed E-state index contributed by atoms with van der Waals surface area (Å²) in [6.07, 6.45) is 18.1. The van der Waals surface area contributed by atoms with Crippen LogP contribution in [0.25, 0.3) is 0 Å². The summed E-state index contributed by atoms with van der Waals surface area (Å²) in [4.78, 5) is 118. The van der Waals surface area contributed by atoms with E-state index < -0.39 is 0 Å². The van der Waals surface area contributed by atoms with Gasteiger partial charge in [0.05, 0.1) is 57.5 Å². The van der Waals surface area contributed by atoms with Gasteiger partial charge in [-0.05, 0) is 289 Å². The molecule has 8 aromatic carbocycles. The molecule has 740 valence electrons. The first-order valence-corrected chi connectivity index (χ1v) is 50.5. The quantitative estimate of drug-likeness (QED) is 0.0690. The maximum absolute atomic E-state index is 13.7. The summed E-state index contributed by atoms with van der Waals surface area (Å²) >= 11 is 0. The Labute approximate surface area is 838 Å². The van der Waals surface area contributed by atoms with Crippen LogP contribution >= 0.6 is 0 Å². The number of anilines is 9. The van der Waals surface area contributed by atoms with Crippen LogP contribution in [0.2, 0.25) is 0 Å². The van der Waals surface area contributed by atoms with Crippen LogP contribution in [-0.2, 0) is 58.3 Å². The first-order chi connectivity index (χ1) is 68.5. The van der Waals surface area contributed by atoms with Gasteiger partial charge < -0.3 is 34.0 Å². The van der Waals surface area contributed by atoms with Gasteiger partial charge in [-0.15, -0.1) is 0 Å². The van der Waals surface area contributed by atoms with Crippen molar-refractivity contribution in [3.8, 4) is 11.5 Å². The molecule has 8 amide bonds. The number of likely N-dealkylation sites (N-methyl/N-ethyl adjacent to an activating group) is 1. The van der Waals surface area contributed by atoms with Gasteiger partial charge in [-0.2, -0.15) is 0 Å². The number of amides is 8. The Balaban J connectivity index is 0.000000130. The SMILES string of the molecule is CCc1cc(C2CCN(C)CC2)ccc1Cc1ncc2c(n1)N(C)C(=O)N(c1c(C)cccc1C)C2.COc1cc(C2CCN(C)CC2)ccc1Cc1ncc2c(n1)N(C)C(=O)N(c1c(C)cccc1C)C2.COc1cc(C2CCN(C)CC2)ccc1Cc1ncc2c(n1)N(C)C(=O)N(c1ccccc1)C2.Cc1cccc(C)c1N1Cc2cnc(Cc3ccc(N4CCN(C)CC4)cc3)nc2N(C(C)C)C1=O. The Kier molecular flexibility index (Phi) is 31.2. The van der Waals surface area contributed by atoms with E-state index in [9.17, 15) is 19.2 Å². The number of carbonyl (C=O) groups excluding carboxylic acids is 4. The summed E-state index contributed by atoms with van der Waals surface area (Å²) in [7, 11) is 17.6. The van der Waals surface area contributed by atoms with Crippen molar-refractivity contribution in [3.05, 3.63) is 312 Å². The first kappa shape index (κ1) is 99.9. The molecular formula is C115H139N21O6. The zero-order valence-corrected chi connectivity index (χ0v) is 86.2. The van der Waals surface area contributed by atoms with Gasteiger partial charge in [0.15, 0.2) is 0 Å². The van der Waals surface area contributed by atoms with Crippen molar-refractivity contribution in [2.75, 3.05) is 173 Å². The molecule has 8 aliphatic rings. The van der Waals surface area contributed by atoms with Crippen LogP contribution in [0.5, 0.6) is 11.5 Å². The molecule has 0 atom stereocenters. The second-order valence-electron chi connectivity index (χ2n) is 40.1. The number of ether oxygens (including phenoxy) is 2. The van der Waals surface area contributed by atoms with Crippen LogP contribution in [0, 0.1) is 41.5 Å². The van der Waals surface area contributed by atoms with E-state index in [0.29, 0.717) is 98.7 Å². The normalized spacial score (nSPS) is 16.9. The topological polar surface area (TPSA) is 232 Å². The fraction of sp³-hybridized carbons (Fsp3) is 0.409. The van der Waals surface area contributed by atoms with Crippen molar-refractivity contribution in [3.63, 3.8) is 0 Å². The zero-order valence-electron chi connectivity index (χ0n) is 86.2. The number of methoxy groups -OCH3 is 2. The molecule has 0 N–H and O–H groups in total. The Morgan fingerprint density at radius 3 is 1.04 bits per heavy atom. The summed E-state index contributed by atoms with van der Waals surface area (Å²) in [5.41, 5.74) is 25.4. The molecule has 8 aliphatic heterocycles. The molecule has 12 heterocycles. The Bertz CT molecular complexity index is 6280. The van der Waals surface area contributed by atoms with Crippen LogP contribution in [0.1, 0.15) is 200 Å². The third-order valence-electron chi connectivity index (χ3n) is 29.8. The Morgan fingerprint density at radius 2 is 0.662 bits per heavy atom. The lowest BCUT2D eigenvalue weighted by Gasteiger charge is -2.39. The standard InChI is InChI=1S/C30H37N5O.C29H36N6O.C29H35N5O2.C27H31N5O2/c1-6-22-16-24(23-12-14-33(4)15-13-23)10-11-25(22)17-27-31-18-26-19-35(30(36)34(5)29(26)32-27)28-20(2)8-7-9-21(28)3;1-20(2)35-28-24(19-34(29(35)36)27-21(3)7-6-8-22(27)4)18-30-26(31-28)17-23-9-11-25(12-10-23)33-15-13-32(5)14-16-33;1-19-7-6-8-20(2)27(19)34-18-24-17-30-26(31-28(24)33(4)29(34)35)16-23-10-9-22(15-25(23)36-5)21-11-13-32(3)14-12-21;1-30-13-11-19(12-14-30)20-9-10-21(24(15-20)34-3)16-25-28-17-22-18-32(23-7-5-4-6-8-23)27(33)31(2)26(22)29-25/h7-11,16,18,23H,6,12-15,17,19H2,1-5H3;6-12,18,20H,13-17,19H2,1-5H3;6-10,15,17,21H,11-14,16,18H2,1-5H3;4-10,15,17,19H,11-14,16,18H2,1-3H3. The molecule has 142 heavy (non-hydrogen) atoms. The largest absolute Gasteiger partial charge is 0.496 e. The number of rotatable bonds is 20. The molecule has 0 saturated carbocycles. The van der Waals surface area contributed by atoms with E-state index in [1.807, 2.05) is 166 Å². The number of nitrogens with zero attached hydrogens (tertiary/aromatic N) is 21. The van der Waals surface area contributed by atoms with Crippen molar-refractivity contribution < 1.29 is 28.7 Å². The van der Waals surface area contributed by atoms with Gasteiger partial charge >= 0.3 is 24.1 Å². The van der Waals surface area contributed by atoms with E-state index in [1.165, 1.54) is 90.7 Å². The highest BCUT2D eigenvalue weighted by molar-refractivity contribution is 6.09. The highest BCUT2D eigenvalue weighted by atomic mass is 16.5. The molecule has 0 bridgehead atoms. The summed E-state index contributed by atoms with van der Waals surface area (Å²) in [5.74, 6) is 9.20. The molecule has 0 aliphatic carbocycles. The third-order valence-corrected chi connectivity index (χ3v) is 29.8. The smallest absolute Gasteiger partial charge is 0.330 e. The molecule has 27 nitrogen and oxygen atoms in total. The number of fused-ring (bicyclic) bond motifs is 4. The van der Waals surface area contributed by atoms with Crippen molar-refractivity contribution in [1.82, 2.24) is 59.5 Å². The fourth-order valence-electron chi connectivity index (χ4n) is 21.4. The highest BCUT2D eigenvalue weighted by Gasteiger charge is 2.39. The lowest BCUT2D eigenvalue weighted by atomic mass is 9.87.